The van der Waals surface area contributed by atoms with Gasteiger partial charge in [0.05, 0.1) is 0 Å². The lowest BCUT2D eigenvalue weighted by Gasteiger charge is -2.01. The van der Waals surface area contributed by atoms with E-state index in [-0.39, 0.29) is 0 Å². The maximum absolute atomic E-state index is 11.2. The van der Waals surface area contributed by atoms with Crippen LogP contribution in [0.3, 0.4) is 0 Å². The van der Waals surface area contributed by atoms with E-state index in [1.807, 2.05) is 0 Å². The Hall–Kier alpha value is -2.06. The highest BCUT2D eigenvalue weighted by Crippen LogP contribution is 2.13. The van der Waals surface area contributed by atoms with Crippen LogP contribution in [0.15, 0.2) is 29.4 Å². The molecule has 0 unspecified atom stereocenters. The fraction of sp³-hybridized carbons (Fsp3) is 0. The summed E-state index contributed by atoms with van der Waals surface area (Å²) in [5.74, 6) is -0.776. The van der Waals surface area contributed by atoms with Crippen molar-refractivity contribution in [1.82, 2.24) is 0 Å². The Bertz CT molecular complexity index is 434. The van der Waals surface area contributed by atoms with E-state index in [4.69, 9.17) is 22.1 Å². The zero-order valence-electron chi connectivity index (χ0n) is 7.44. The number of oxime groups is 1. The summed E-state index contributed by atoms with van der Waals surface area (Å²) in [5.41, 5.74) is -0.147. The molecular formula is C9H6ClN3O2. The first-order chi connectivity index (χ1) is 7.17. The maximum Gasteiger partial charge on any atom is 0.288 e. The van der Waals surface area contributed by atoms with Gasteiger partial charge in [-0.15, -0.1) is 0 Å². The Morgan fingerprint density at radius 1 is 1.47 bits per heavy atom. The quantitative estimate of drug-likeness (QED) is 0.454. The molecule has 0 spiro atoms. The zero-order valence-corrected chi connectivity index (χ0v) is 8.19. The third kappa shape index (κ3) is 2.97. The molecule has 76 valence electrons. The number of anilines is 1. The summed E-state index contributed by atoms with van der Waals surface area (Å²) in [6, 6.07) is 7.73. The first-order valence-corrected chi connectivity index (χ1v) is 4.24. The summed E-state index contributed by atoms with van der Waals surface area (Å²) in [4.78, 5) is 11.2. The van der Waals surface area contributed by atoms with E-state index in [1.165, 1.54) is 6.07 Å². The van der Waals surface area contributed by atoms with E-state index in [2.05, 4.69) is 10.5 Å². The zero-order chi connectivity index (χ0) is 11.3. The first-order valence-electron chi connectivity index (χ1n) is 3.86. The second kappa shape index (κ2) is 4.98. The summed E-state index contributed by atoms with van der Waals surface area (Å²) < 4.78 is 0. The van der Waals surface area contributed by atoms with Gasteiger partial charge in [-0.1, -0.05) is 16.8 Å². The number of rotatable bonds is 2. The molecular weight excluding hydrogens is 218 g/mol. The number of nitrogens with zero attached hydrogens (tertiary/aromatic N) is 2. The highest BCUT2D eigenvalue weighted by atomic mass is 35.5. The van der Waals surface area contributed by atoms with E-state index in [9.17, 15) is 4.79 Å². The van der Waals surface area contributed by atoms with Crippen LogP contribution in [0.2, 0.25) is 5.02 Å². The molecule has 15 heavy (non-hydrogen) atoms. The topological polar surface area (TPSA) is 85.5 Å². The minimum Gasteiger partial charge on any atom is -0.410 e. The molecule has 0 aliphatic rings. The molecule has 6 heteroatoms. The number of amides is 1. The first kappa shape index (κ1) is 11.0. The Morgan fingerprint density at radius 3 is 2.53 bits per heavy atom. The highest BCUT2D eigenvalue weighted by Gasteiger charge is 2.10. The van der Waals surface area contributed by atoms with Gasteiger partial charge in [0.1, 0.15) is 6.07 Å². The van der Waals surface area contributed by atoms with Crippen LogP contribution < -0.4 is 5.32 Å². The van der Waals surface area contributed by atoms with Crippen LogP contribution in [-0.2, 0) is 4.79 Å². The normalized spacial score (nSPS) is 10.5. The Labute approximate surface area is 90.6 Å². The third-order valence-electron chi connectivity index (χ3n) is 1.52. The third-order valence-corrected chi connectivity index (χ3v) is 1.78. The lowest BCUT2D eigenvalue weighted by Crippen LogP contribution is -2.21. The summed E-state index contributed by atoms with van der Waals surface area (Å²) >= 11 is 5.64. The van der Waals surface area contributed by atoms with Gasteiger partial charge in [0.2, 0.25) is 5.71 Å². The van der Waals surface area contributed by atoms with Gasteiger partial charge < -0.3 is 10.5 Å². The van der Waals surface area contributed by atoms with Gasteiger partial charge in [-0.3, -0.25) is 4.79 Å². The SMILES string of the molecule is N#CC(=NO)C(=O)Nc1ccc(Cl)cc1. The highest BCUT2D eigenvalue weighted by molar-refractivity contribution is 6.48. The average molecular weight is 224 g/mol. The Balaban J connectivity index is 2.76. The van der Waals surface area contributed by atoms with E-state index in [1.54, 1.807) is 24.3 Å². The molecule has 0 bridgehead atoms. The minimum absolute atomic E-state index is 0.459. The molecule has 0 heterocycles. The van der Waals surface area contributed by atoms with E-state index < -0.39 is 11.6 Å². The molecule has 1 aromatic rings. The monoisotopic (exact) mass is 223 g/mol. The van der Waals surface area contributed by atoms with Gasteiger partial charge in [-0.25, -0.2) is 0 Å². The number of halogens is 1. The van der Waals surface area contributed by atoms with Crippen LogP contribution in [0.5, 0.6) is 0 Å². The van der Waals surface area contributed by atoms with Crippen LogP contribution in [-0.4, -0.2) is 16.8 Å². The van der Waals surface area contributed by atoms with Crippen LogP contribution in [0.1, 0.15) is 0 Å². The van der Waals surface area contributed by atoms with E-state index >= 15 is 0 Å². The van der Waals surface area contributed by atoms with Gasteiger partial charge in [-0.05, 0) is 24.3 Å². The fourth-order valence-electron chi connectivity index (χ4n) is 0.842. The molecule has 0 aliphatic carbocycles. The fourth-order valence-corrected chi connectivity index (χ4v) is 0.968. The number of nitriles is 1. The molecule has 1 aromatic carbocycles. The minimum atomic E-state index is -0.776. The van der Waals surface area contributed by atoms with Crippen molar-refractivity contribution in [3.8, 4) is 6.07 Å². The maximum atomic E-state index is 11.2. The molecule has 1 amide bonds. The van der Waals surface area contributed by atoms with Gasteiger partial charge in [0, 0.05) is 10.7 Å². The Morgan fingerprint density at radius 2 is 2.07 bits per heavy atom. The smallest absolute Gasteiger partial charge is 0.288 e. The lowest BCUT2D eigenvalue weighted by molar-refractivity contribution is -0.110. The molecule has 0 atom stereocenters. The van der Waals surface area contributed by atoms with E-state index in [0.29, 0.717) is 10.7 Å². The van der Waals surface area contributed by atoms with Gasteiger partial charge in [0.15, 0.2) is 0 Å². The number of hydrogen-bond donors (Lipinski definition) is 2. The summed E-state index contributed by atoms with van der Waals surface area (Å²) in [6.45, 7) is 0. The van der Waals surface area contributed by atoms with Crippen molar-refractivity contribution in [3.63, 3.8) is 0 Å². The van der Waals surface area contributed by atoms with Crippen molar-refractivity contribution in [3.05, 3.63) is 29.3 Å². The molecule has 0 aromatic heterocycles. The molecule has 0 saturated carbocycles. The molecule has 5 nitrogen and oxygen atoms in total. The second-order valence-corrected chi connectivity index (χ2v) is 2.96. The van der Waals surface area contributed by atoms with Crippen molar-refractivity contribution in [2.45, 2.75) is 0 Å². The summed E-state index contributed by atoms with van der Waals surface area (Å²) in [5, 5.41) is 22.1. The van der Waals surface area contributed by atoms with Crippen molar-refractivity contribution in [1.29, 1.82) is 5.26 Å². The van der Waals surface area contributed by atoms with Crippen molar-refractivity contribution >= 4 is 28.9 Å². The van der Waals surface area contributed by atoms with Gasteiger partial charge in [0.25, 0.3) is 5.91 Å². The van der Waals surface area contributed by atoms with Crippen LogP contribution in [0, 0.1) is 11.3 Å². The van der Waals surface area contributed by atoms with Crippen molar-refractivity contribution in [2.75, 3.05) is 5.32 Å². The largest absolute Gasteiger partial charge is 0.410 e. The Kier molecular flexibility index (Phi) is 3.66. The van der Waals surface area contributed by atoms with E-state index in [0.717, 1.165) is 0 Å². The van der Waals surface area contributed by atoms with Crippen molar-refractivity contribution < 1.29 is 10.0 Å². The molecule has 0 aliphatic heterocycles. The van der Waals surface area contributed by atoms with Gasteiger partial charge in [-0.2, -0.15) is 5.26 Å². The van der Waals surface area contributed by atoms with Crippen LogP contribution in [0.25, 0.3) is 0 Å². The predicted octanol–water partition coefficient (Wildman–Crippen LogP) is 1.63. The second-order valence-electron chi connectivity index (χ2n) is 2.52. The lowest BCUT2D eigenvalue weighted by atomic mass is 10.3. The molecule has 0 saturated heterocycles. The van der Waals surface area contributed by atoms with Crippen LogP contribution in [0.4, 0.5) is 5.69 Å². The average Bonchev–Trinajstić information content (AvgIpc) is 2.23. The number of benzene rings is 1. The summed E-state index contributed by atoms with van der Waals surface area (Å²) in [7, 11) is 0. The summed E-state index contributed by atoms with van der Waals surface area (Å²) in [6.07, 6.45) is 0. The number of nitrogens with one attached hydrogen (secondary N) is 1. The molecule has 0 radical (unpaired) electrons. The standard InChI is InChI=1S/C9H6ClN3O2/c10-6-1-3-7(4-2-6)12-9(14)8(5-11)13-15/h1-4,15H,(H,12,14). The predicted molar refractivity (Wildman–Crippen MR) is 54.9 cm³/mol. The molecule has 2 N–H and O–H groups in total. The number of carbonyl (C=O) groups is 1. The van der Waals surface area contributed by atoms with Crippen molar-refractivity contribution in [2.24, 2.45) is 5.16 Å². The molecule has 1 rings (SSSR count). The number of hydrogen-bond acceptors (Lipinski definition) is 4. The molecule has 0 fully saturated rings. The number of carbonyl (C=O) groups excluding carboxylic acids is 1. The van der Waals surface area contributed by atoms with Crippen LogP contribution >= 0.6 is 11.6 Å². The van der Waals surface area contributed by atoms with Gasteiger partial charge >= 0.3 is 0 Å².